The highest BCUT2D eigenvalue weighted by Gasteiger charge is 2.27. The Morgan fingerprint density at radius 2 is 1.29 bits per heavy atom. The van der Waals surface area contributed by atoms with Gasteiger partial charge < -0.3 is 5.32 Å². The molecule has 1 aliphatic rings. The Balaban J connectivity index is 1.54. The second kappa shape index (κ2) is 8.66. The van der Waals surface area contributed by atoms with Gasteiger partial charge in [0, 0.05) is 32.7 Å². The Labute approximate surface area is 158 Å². The molecule has 1 aliphatic heterocycles. The summed E-state index contributed by atoms with van der Waals surface area (Å²) in [5.74, 6) is -11.4. The van der Waals surface area contributed by atoms with Crippen molar-refractivity contribution < 1.29 is 26.7 Å². The van der Waals surface area contributed by atoms with Crippen LogP contribution in [-0.4, -0.2) is 48.4 Å². The first kappa shape index (κ1) is 20.2. The molecular weight excluding hydrogens is 381 g/mol. The van der Waals surface area contributed by atoms with E-state index in [2.05, 4.69) is 4.90 Å². The second-order valence-electron chi connectivity index (χ2n) is 6.53. The number of amides is 1. The van der Waals surface area contributed by atoms with Crippen LogP contribution in [0.5, 0.6) is 0 Å². The van der Waals surface area contributed by atoms with Gasteiger partial charge in [-0.05, 0) is 5.56 Å². The molecule has 1 amide bonds. The van der Waals surface area contributed by atoms with Gasteiger partial charge >= 0.3 is 0 Å². The van der Waals surface area contributed by atoms with Crippen LogP contribution in [0.3, 0.4) is 0 Å². The maximum Gasteiger partial charge on any atom is 0.238 e. The largest absolute Gasteiger partial charge is 0.320 e. The molecule has 0 unspecified atom stereocenters. The van der Waals surface area contributed by atoms with Crippen molar-refractivity contribution in [3.05, 3.63) is 65.0 Å². The molecule has 2 aromatic rings. The van der Waals surface area contributed by atoms with Crippen molar-refractivity contribution in [2.45, 2.75) is 6.54 Å². The van der Waals surface area contributed by atoms with E-state index in [4.69, 9.17) is 0 Å². The molecule has 150 valence electrons. The van der Waals surface area contributed by atoms with Crippen molar-refractivity contribution >= 4 is 11.6 Å². The zero-order valence-electron chi connectivity index (χ0n) is 14.8. The summed E-state index contributed by atoms with van der Waals surface area (Å²) in [4.78, 5) is 16.0. The fourth-order valence-electron chi connectivity index (χ4n) is 3.04. The van der Waals surface area contributed by atoms with E-state index in [1.165, 1.54) is 5.56 Å². The molecule has 0 aliphatic carbocycles. The third-order valence-electron chi connectivity index (χ3n) is 4.56. The minimum Gasteiger partial charge on any atom is -0.320 e. The minimum absolute atomic E-state index is 0.210. The minimum atomic E-state index is -2.26. The maximum atomic E-state index is 13.6. The molecule has 0 saturated carbocycles. The van der Waals surface area contributed by atoms with Gasteiger partial charge in [-0.2, -0.15) is 0 Å². The molecule has 4 nitrogen and oxygen atoms in total. The van der Waals surface area contributed by atoms with E-state index >= 15 is 0 Å². The van der Waals surface area contributed by atoms with E-state index in [1.807, 2.05) is 30.3 Å². The first-order valence-electron chi connectivity index (χ1n) is 8.66. The Morgan fingerprint density at radius 3 is 1.86 bits per heavy atom. The van der Waals surface area contributed by atoms with Gasteiger partial charge in [-0.25, -0.2) is 22.0 Å². The smallest absolute Gasteiger partial charge is 0.238 e. The number of rotatable bonds is 5. The van der Waals surface area contributed by atoms with Crippen LogP contribution in [0.25, 0.3) is 0 Å². The lowest BCUT2D eigenvalue weighted by atomic mass is 10.2. The van der Waals surface area contributed by atoms with Crippen molar-refractivity contribution in [1.82, 2.24) is 9.80 Å². The maximum absolute atomic E-state index is 13.6. The lowest BCUT2D eigenvalue weighted by molar-refractivity contribution is -0.117. The summed E-state index contributed by atoms with van der Waals surface area (Å²) in [6, 6.07) is 9.88. The van der Waals surface area contributed by atoms with Gasteiger partial charge in [-0.15, -0.1) is 0 Å². The first-order chi connectivity index (χ1) is 13.4. The third kappa shape index (κ3) is 4.48. The van der Waals surface area contributed by atoms with Crippen LogP contribution in [0.15, 0.2) is 30.3 Å². The highest BCUT2D eigenvalue weighted by molar-refractivity contribution is 5.92. The van der Waals surface area contributed by atoms with Gasteiger partial charge in [0.05, 0.1) is 6.54 Å². The Hall–Kier alpha value is -2.52. The molecule has 9 heteroatoms. The third-order valence-corrected chi connectivity index (χ3v) is 4.56. The average Bonchev–Trinajstić information content (AvgIpc) is 2.70. The number of carbonyl (C=O) groups excluding carboxylic acids is 1. The molecule has 28 heavy (non-hydrogen) atoms. The summed E-state index contributed by atoms with van der Waals surface area (Å²) in [6.07, 6.45) is 0. The second-order valence-corrected chi connectivity index (χ2v) is 6.53. The van der Waals surface area contributed by atoms with Crippen LogP contribution < -0.4 is 5.32 Å². The van der Waals surface area contributed by atoms with E-state index in [0.717, 1.165) is 6.54 Å². The van der Waals surface area contributed by atoms with Crippen LogP contribution >= 0.6 is 0 Å². The summed E-state index contributed by atoms with van der Waals surface area (Å²) >= 11 is 0. The lowest BCUT2D eigenvalue weighted by Crippen LogP contribution is -2.48. The first-order valence-corrected chi connectivity index (χ1v) is 8.66. The van der Waals surface area contributed by atoms with E-state index in [1.54, 1.807) is 10.2 Å². The number of benzene rings is 2. The molecular formula is C19H18F5N3O. The van der Waals surface area contributed by atoms with E-state index in [9.17, 15) is 26.7 Å². The zero-order valence-corrected chi connectivity index (χ0v) is 14.8. The molecule has 0 spiro atoms. The van der Waals surface area contributed by atoms with Gasteiger partial charge in [0.25, 0.3) is 0 Å². The summed E-state index contributed by atoms with van der Waals surface area (Å²) < 4.78 is 66.7. The molecule has 0 atom stereocenters. The van der Waals surface area contributed by atoms with Gasteiger partial charge in [0.15, 0.2) is 23.3 Å². The molecule has 2 aromatic carbocycles. The van der Waals surface area contributed by atoms with Gasteiger partial charge in [-0.1, -0.05) is 30.3 Å². The molecule has 3 rings (SSSR count). The van der Waals surface area contributed by atoms with Crippen molar-refractivity contribution in [3.8, 4) is 0 Å². The van der Waals surface area contributed by atoms with Crippen LogP contribution in [-0.2, 0) is 11.3 Å². The standard InChI is InChI=1S/C19H18F5N3O/c20-14-15(21)17(23)19(18(24)16(14)22)25-13(28)11-27-8-6-26(7-9-27)10-12-4-2-1-3-5-12/h1-5H,6-11H2,(H,25,28). The van der Waals surface area contributed by atoms with E-state index in [0.29, 0.717) is 26.2 Å². The average molecular weight is 399 g/mol. The summed E-state index contributed by atoms with van der Waals surface area (Å²) in [6.45, 7) is 3.01. The molecule has 1 saturated heterocycles. The Bertz CT molecular complexity index is 825. The molecule has 1 fully saturated rings. The van der Waals surface area contributed by atoms with Crippen molar-refractivity contribution in [3.63, 3.8) is 0 Å². The van der Waals surface area contributed by atoms with Crippen LogP contribution in [0, 0.1) is 29.1 Å². The summed E-state index contributed by atoms with van der Waals surface area (Å²) in [5, 5.41) is 1.79. The number of halogens is 5. The van der Waals surface area contributed by atoms with Gasteiger partial charge in [-0.3, -0.25) is 14.6 Å². The normalized spacial score (nSPS) is 15.6. The van der Waals surface area contributed by atoms with E-state index < -0.39 is 40.7 Å². The summed E-state index contributed by atoms with van der Waals surface area (Å²) in [5.41, 5.74) is -0.163. The van der Waals surface area contributed by atoms with Crippen molar-refractivity contribution in [2.75, 3.05) is 38.0 Å². The SMILES string of the molecule is O=C(CN1CCN(Cc2ccccc2)CC1)Nc1c(F)c(F)c(F)c(F)c1F. The number of piperazine rings is 1. The van der Waals surface area contributed by atoms with E-state index in [-0.39, 0.29) is 6.54 Å². The highest BCUT2D eigenvalue weighted by atomic mass is 19.2. The quantitative estimate of drug-likeness (QED) is 0.477. The summed E-state index contributed by atoms with van der Waals surface area (Å²) in [7, 11) is 0. The molecule has 0 radical (unpaired) electrons. The molecule has 1 N–H and O–H groups in total. The van der Waals surface area contributed by atoms with Crippen LogP contribution in [0.2, 0.25) is 0 Å². The molecule has 1 heterocycles. The zero-order chi connectivity index (χ0) is 20.3. The van der Waals surface area contributed by atoms with Crippen molar-refractivity contribution in [2.24, 2.45) is 0 Å². The topological polar surface area (TPSA) is 35.6 Å². The monoisotopic (exact) mass is 399 g/mol. The van der Waals surface area contributed by atoms with Crippen LogP contribution in [0.4, 0.5) is 27.6 Å². The number of anilines is 1. The molecule has 0 bridgehead atoms. The highest BCUT2D eigenvalue weighted by Crippen LogP contribution is 2.27. The van der Waals surface area contributed by atoms with Crippen molar-refractivity contribution in [1.29, 1.82) is 0 Å². The van der Waals surface area contributed by atoms with Gasteiger partial charge in [0.1, 0.15) is 5.69 Å². The Morgan fingerprint density at radius 1 is 0.786 bits per heavy atom. The number of hydrogen-bond acceptors (Lipinski definition) is 3. The fraction of sp³-hybridized carbons (Fsp3) is 0.316. The number of nitrogens with zero attached hydrogens (tertiary/aromatic N) is 2. The fourth-order valence-corrected chi connectivity index (χ4v) is 3.04. The number of hydrogen-bond donors (Lipinski definition) is 1. The predicted molar refractivity (Wildman–Crippen MR) is 93.0 cm³/mol. The number of nitrogens with one attached hydrogen (secondary N) is 1. The lowest BCUT2D eigenvalue weighted by Gasteiger charge is -2.34. The number of carbonyl (C=O) groups is 1. The van der Waals surface area contributed by atoms with Crippen LogP contribution in [0.1, 0.15) is 5.56 Å². The van der Waals surface area contributed by atoms with Gasteiger partial charge in [0.2, 0.25) is 11.7 Å². The Kier molecular flexibility index (Phi) is 6.25. The predicted octanol–water partition coefficient (Wildman–Crippen LogP) is 3.14. The molecule has 0 aromatic heterocycles.